The van der Waals surface area contributed by atoms with Gasteiger partial charge >= 0.3 is 0 Å². The van der Waals surface area contributed by atoms with Crippen molar-refractivity contribution in [1.82, 2.24) is 4.57 Å². The summed E-state index contributed by atoms with van der Waals surface area (Å²) in [4.78, 5) is 0.488. The van der Waals surface area contributed by atoms with Crippen LogP contribution in [0.15, 0.2) is 51.8 Å². The van der Waals surface area contributed by atoms with Crippen LogP contribution in [0.2, 0.25) is 0 Å². The molecule has 1 aromatic heterocycles. The van der Waals surface area contributed by atoms with Gasteiger partial charge < -0.3 is 9.30 Å². The van der Waals surface area contributed by atoms with Gasteiger partial charge in [0.1, 0.15) is 5.75 Å². The molecule has 0 aliphatic carbocycles. The van der Waals surface area contributed by atoms with Gasteiger partial charge in [0.25, 0.3) is 10.0 Å². The molecule has 3 aromatic rings. The fourth-order valence-corrected chi connectivity index (χ4v) is 4.62. The topological polar surface area (TPSA) is 60.7 Å². The molecular formula is C18H16N2O3S2. The first-order chi connectivity index (χ1) is 11.9. The van der Waals surface area contributed by atoms with Gasteiger partial charge in [-0.1, -0.05) is 35.0 Å². The first-order valence-corrected chi connectivity index (χ1v) is 9.69. The van der Waals surface area contributed by atoms with Crippen molar-refractivity contribution >= 4 is 31.6 Å². The van der Waals surface area contributed by atoms with Crippen LogP contribution in [0, 0.1) is 19.3 Å². The van der Waals surface area contributed by atoms with Crippen molar-refractivity contribution in [1.29, 1.82) is 0 Å². The molecule has 0 radical (unpaired) electrons. The third kappa shape index (κ3) is 3.45. The summed E-state index contributed by atoms with van der Waals surface area (Å²) >= 11 is 1.26. The second-order valence-corrected chi connectivity index (χ2v) is 8.00. The molecule has 25 heavy (non-hydrogen) atoms. The molecule has 0 bridgehead atoms. The number of rotatable bonds is 4. The highest BCUT2D eigenvalue weighted by Gasteiger charge is 2.14. The molecule has 0 amide bonds. The van der Waals surface area contributed by atoms with Crippen molar-refractivity contribution < 1.29 is 13.2 Å². The molecule has 1 heterocycles. The monoisotopic (exact) mass is 372 g/mol. The molecule has 0 saturated carbocycles. The Morgan fingerprint density at radius 1 is 1.24 bits per heavy atom. The van der Waals surface area contributed by atoms with Crippen LogP contribution in [0.5, 0.6) is 5.75 Å². The summed E-state index contributed by atoms with van der Waals surface area (Å²) in [5.74, 6) is 3.24. The zero-order valence-corrected chi connectivity index (χ0v) is 15.4. The number of hydrogen-bond acceptors (Lipinski definition) is 4. The summed E-state index contributed by atoms with van der Waals surface area (Å²) in [5, 5.41) is 0. The Morgan fingerprint density at radius 2 is 1.96 bits per heavy atom. The molecule has 7 heteroatoms. The van der Waals surface area contributed by atoms with E-state index in [2.05, 4.69) is 10.3 Å². The summed E-state index contributed by atoms with van der Waals surface area (Å²) in [7, 11) is -2.24. The Morgan fingerprint density at radius 3 is 2.60 bits per heavy atom. The lowest BCUT2D eigenvalue weighted by Crippen LogP contribution is -2.16. The van der Waals surface area contributed by atoms with Crippen molar-refractivity contribution in [3.63, 3.8) is 0 Å². The molecular weight excluding hydrogens is 356 g/mol. The Hall–Kier alpha value is -2.56. The predicted octanol–water partition coefficient (Wildman–Crippen LogP) is 2.94. The quantitative estimate of drug-likeness (QED) is 0.662. The molecule has 0 atom stereocenters. The molecule has 0 aliphatic rings. The van der Waals surface area contributed by atoms with E-state index in [4.69, 9.17) is 11.2 Å². The van der Waals surface area contributed by atoms with E-state index in [0.717, 1.165) is 15.8 Å². The molecule has 0 spiro atoms. The average Bonchev–Trinajstić information content (AvgIpc) is 2.91. The van der Waals surface area contributed by atoms with Crippen LogP contribution in [0.25, 0.3) is 10.2 Å². The van der Waals surface area contributed by atoms with Crippen molar-refractivity contribution in [3.05, 3.63) is 52.8 Å². The number of aromatic nitrogens is 1. The Kier molecular flexibility index (Phi) is 4.66. The normalized spacial score (nSPS) is 12.3. The van der Waals surface area contributed by atoms with Gasteiger partial charge in [-0.25, -0.2) is 0 Å². The molecule has 128 valence electrons. The molecule has 5 nitrogen and oxygen atoms in total. The van der Waals surface area contributed by atoms with Crippen LogP contribution in [0.1, 0.15) is 5.56 Å². The van der Waals surface area contributed by atoms with E-state index >= 15 is 0 Å². The maximum Gasteiger partial charge on any atom is 0.285 e. The Balaban J connectivity index is 2.22. The summed E-state index contributed by atoms with van der Waals surface area (Å²) in [5.41, 5.74) is 1.80. The fourth-order valence-electron chi connectivity index (χ4n) is 2.36. The third-order valence-electron chi connectivity index (χ3n) is 3.66. The minimum atomic E-state index is -3.82. The Bertz CT molecular complexity index is 1130. The van der Waals surface area contributed by atoms with Crippen LogP contribution in [-0.2, 0) is 16.6 Å². The molecule has 2 aromatic carbocycles. The fraction of sp³-hybridized carbons (Fsp3) is 0.167. The largest absolute Gasteiger partial charge is 0.497 e. The van der Waals surface area contributed by atoms with Gasteiger partial charge in [0.2, 0.25) is 4.80 Å². The van der Waals surface area contributed by atoms with E-state index in [0.29, 0.717) is 10.6 Å². The third-order valence-corrected chi connectivity index (χ3v) is 6.09. The van der Waals surface area contributed by atoms with E-state index in [-0.39, 0.29) is 11.4 Å². The number of hydrogen-bond donors (Lipinski definition) is 0. The van der Waals surface area contributed by atoms with Crippen LogP contribution >= 0.6 is 11.3 Å². The number of ether oxygens (including phenoxy) is 1. The first-order valence-electron chi connectivity index (χ1n) is 7.43. The van der Waals surface area contributed by atoms with Crippen LogP contribution in [-0.4, -0.2) is 20.1 Å². The smallest absolute Gasteiger partial charge is 0.285 e. The summed E-state index contributed by atoms with van der Waals surface area (Å²) in [6.45, 7) is 2.13. The SMILES string of the molecule is C#CCn1c(=NS(=O)(=O)c2ccc(C)cc2)sc2cc(OC)ccc21. The van der Waals surface area contributed by atoms with Gasteiger partial charge in [-0.3, -0.25) is 0 Å². The average molecular weight is 372 g/mol. The highest BCUT2D eigenvalue weighted by atomic mass is 32.2. The minimum absolute atomic E-state index is 0.153. The number of methoxy groups -OCH3 is 1. The maximum absolute atomic E-state index is 12.6. The molecule has 3 rings (SSSR count). The van der Waals surface area contributed by atoms with E-state index in [1.807, 2.05) is 19.1 Å². The van der Waals surface area contributed by atoms with Gasteiger partial charge in [0.05, 0.1) is 28.8 Å². The highest BCUT2D eigenvalue weighted by Crippen LogP contribution is 2.23. The lowest BCUT2D eigenvalue weighted by molar-refractivity contribution is 0.415. The first kappa shape index (κ1) is 17.3. The standard InChI is InChI=1S/C18H16N2O3S2/c1-4-11-20-16-10-7-14(23-3)12-17(16)24-18(20)19-25(21,22)15-8-5-13(2)6-9-15/h1,5-10,12H,11H2,2-3H3. The number of terminal acetylenes is 1. The summed E-state index contributed by atoms with van der Waals surface area (Å²) < 4.78 is 37.0. The van der Waals surface area contributed by atoms with Crippen LogP contribution < -0.4 is 9.54 Å². The number of fused-ring (bicyclic) bond motifs is 1. The Labute approximate surface area is 150 Å². The lowest BCUT2D eigenvalue weighted by Gasteiger charge is -2.02. The van der Waals surface area contributed by atoms with Gasteiger partial charge in [0.15, 0.2) is 0 Å². The van der Waals surface area contributed by atoms with Gasteiger partial charge in [-0.05, 0) is 37.3 Å². The van der Waals surface area contributed by atoms with Crippen molar-refractivity contribution in [2.24, 2.45) is 4.40 Å². The number of benzene rings is 2. The number of nitrogens with zero attached hydrogens (tertiary/aromatic N) is 2. The minimum Gasteiger partial charge on any atom is -0.497 e. The van der Waals surface area contributed by atoms with Crippen LogP contribution in [0.4, 0.5) is 0 Å². The second kappa shape index (κ2) is 6.75. The highest BCUT2D eigenvalue weighted by molar-refractivity contribution is 7.90. The lowest BCUT2D eigenvalue weighted by atomic mass is 10.2. The van der Waals surface area contributed by atoms with E-state index in [9.17, 15) is 8.42 Å². The predicted molar refractivity (Wildman–Crippen MR) is 99.1 cm³/mol. The summed E-state index contributed by atoms with van der Waals surface area (Å²) in [6, 6.07) is 12.1. The number of aryl methyl sites for hydroxylation is 1. The van der Waals surface area contributed by atoms with Gasteiger partial charge in [0, 0.05) is 0 Å². The van der Waals surface area contributed by atoms with Crippen LogP contribution in [0.3, 0.4) is 0 Å². The second-order valence-electron chi connectivity index (χ2n) is 5.39. The maximum atomic E-state index is 12.6. The van der Waals surface area contributed by atoms with Crippen molar-refractivity contribution in [2.45, 2.75) is 18.4 Å². The zero-order valence-electron chi connectivity index (χ0n) is 13.8. The number of sulfonamides is 1. The zero-order chi connectivity index (χ0) is 18.0. The molecule has 0 unspecified atom stereocenters. The van der Waals surface area contributed by atoms with Crippen molar-refractivity contribution in [2.75, 3.05) is 7.11 Å². The van der Waals surface area contributed by atoms with Gasteiger partial charge in [-0.2, -0.15) is 8.42 Å². The van der Waals surface area contributed by atoms with Crippen molar-refractivity contribution in [3.8, 4) is 18.1 Å². The van der Waals surface area contributed by atoms with Gasteiger partial charge in [-0.15, -0.1) is 10.8 Å². The molecule has 0 aliphatic heterocycles. The molecule has 0 N–H and O–H groups in total. The van der Waals surface area contributed by atoms with E-state index < -0.39 is 10.0 Å². The van der Waals surface area contributed by atoms with E-state index in [1.165, 1.54) is 11.3 Å². The summed E-state index contributed by atoms with van der Waals surface area (Å²) in [6.07, 6.45) is 5.45. The molecule has 0 saturated heterocycles. The van der Waals surface area contributed by atoms with E-state index in [1.54, 1.807) is 42.0 Å². The molecule has 0 fully saturated rings. The number of thiazole rings is 1.